The predicted molar refractivity (Wildman–Crippen MR) is 97.4 cm³/mol. The van der Waals surface area contributed by atoms with Crippen molar-refractivity contribution < 1.29 is 9.32 Å². The SMILES string of the molecule is CCn1c(SCC(=O)Nc2nc(C)no2)nc2sc(C)c(C)c2c1=O. The second-order valence-corrected chi connectivity index (χ2v) is 7.54. The molecule has 1 amide bonds. The molecule has 1 N–H and O–H groups in total. The highest BCUT2D eigenvalue weighted by Crippen LogP contribution is 2.28. The van der Waals surface area contributed by atoms with E-state index in [0.717, 1.165) is 10.4 Å². The number of carbonyl (C=O) groups excluding carboxylic acids is 1. The van der Waals surface area contributed by atoms with Crippen LogP contribution in [0.3, 0.4) is 0 Å². The second kappa shape index (κ2) is 6.96. The molecule has 0 aromatic carbocycles. The summed E-state index contributed by atoms with van der Waals surface area (Å²) in [6.07, 6.45) is 0. The van der Waals surface area contributed by atoms with Crippen LogP contribution in [0.25, 0.3) is 10.2 Å². The van der Waals surface area contributed by atoms with Crippen molar-refractivity contribution in [3.8, 4) is 0 Å². The fourth-order valence-electron chi connectivity index (χ4n) is 2.33. The van der Waals surface area contributed by atoms with Crippen LogP contribution in [0.4, 0.5) is 6.01 Å². The van der Waals surface area contributed by atoms with Crippen LogP contribution >= 0.6 is 23.1 Å². The number of rotatable bonds is 5. The van der Waals surface area contributed by atoms with Crippen molar-refractivity contribution >= 4 is 45.2 Å². The van der Waals surface area contributed by atoms with Gasteiger partial charge in [0.15, 0.2) is 11.0 Å². The van der Waals surface area contributed by atoms with E-state index in [-0.39, 0.29) is 23.2 Å². The lowest BCUT2D eigenvalue weighted by molar-refractivity contribution is -0.114. The Morgan fingerprint density at radius 1 is 1.32 bits per heavy atom. The molecule has 3 aromatic heterocycles. The van der Waals surface area contributed by atoms with Crippen molar-refractivity contribution in [1.29, 1.82) is 0 Å². The van der Waals surface area contributed by atoms with E-state index in [1.807, 2.05) is 20.8 Å². The number of amides is 1. The molecule has 0 unspecified atom stereocenters. The van der Waals surface area contributed by atoms with E-state index >= 15 is 0 Å². The lowest BCUT2D eigenvalue weighted by atomic mass is 10.2. The Balaban J connectivity index is 1.83. The number of thiophene rings is 1. The van der Waals surface area contributed by atoms with Crippen molar-refractivity contribution in [3.05, 3.63) is 26.6 Å². The van der Waals surface area contributed by atoms with E-state index in [0.29, 0.717) is 27.7 Å². The molecule has 132 valence electrons. The predicted octanol–water partition coefficient (Wildman–Crippen LogP) is 2.52. The maximum Gasteiger partial charge on any atom is 0.328 e. The Morgan fingerprint density at radius 2 is 2.08 bits per heavy atom. The maximum absolute atomic E-state index is 12.7. The molecule has 0 spiro atoms. The standard InChI is InChI=1S/C15H17N5O3S2/c1-5-20-13(22)11-7(2)8(3)25-12(11)18-15(20)24-6-10(21)17-14-16-9(4)19-23-14/h5-6H2,1-4H3,(H,16,17,19,21). The van der Waals surface area contributed by atoms with Crippen molar-refractivity contribution in [1.82, 2.24) is 19.7 Å². The number of thioether (sulfide) groups is 1. The summed E-state index contributed by atoms with van der Waals surface area (Å²) >= 11 is 2.70. The van der Waals surface area contributed by atoms with Gasteiger partial charge in [-0.05, 0) is 33.3 Å². The molecule has 3 aromatic rings. The first kappa shape index (κ1) is 17.6. The molecule has 25 heavy (non-hydrogen) atoms. The zero-order chi connectivity index (χ0) is 18.1. The Bertz CT molecular complexity index is 1000. The number of aryl methyl sites for hydroxylation is 3. The first-order chi connectivity index (χ1) is 11.9. The number of aromatic nitrogens is 4. The first-order valence-electron chi connectivity index (χ1n) is 7.64. The highest BCUT2D eigenvalue weighted by atomic mass is 32.2. The summed E-state index contributed by atoms with van der Waals surface area (Å²) in [7, 11) is 0. The minimum atomic E-state index is -0.302. The Hall–Kier alpha value is -2.20. The fourth-order valence-corrected chi connectivity index (χ4v) is 4.26. The van der Waals surface area contributed by atoms with Gasteiger partial charge in [-0.25, -0.2) is 4.98 Å². The third-order valence-electron chi connectivity index (χ3n) is 3.68. The number of nitrogens with one attached hydrogen (secondary N) is 1. The minimum Gasteiger partial charge on any atom is -0.315 e. The van der Waals surface area contributed by atoms with Crippen molar-refractivity contribution in [2.24, 2.45) is 0 Å². The molecule has 0 radical (unpaired) electrons. The molecule has 0 fully saturated rings. The van der Waals surface area contributed by atoms with Gasteiger partial charge in [-0.2, -0.15) is 4.98 Å². The maximum atomic E-state index is 12.7. The lowest BCUT2D eigenvalue weighted by Crippen LogP contribution is -2.23. The van der Waals surface area contributed by atoms with Crippen LogP contribution in [0, 0.1) is 20.8 Å². The number of hydrogen-bond acceptors (Lipinski definition) is 8. The molecule has 0 atom stereocenters. The molecule has 3 rings (SSSR count). The van der Waals surface area contributed by atoms with E-state index in [4.69, 9.17) is 4.52 Å². The second-order valence-electron chi connectivity index (χ2n) is 5.39. The van der Waals surface area contributed by atoms with Gasteiger partial charge in [-0.3, -0.25) is 19.5 Å². The van der Waals surface area contributed by atoms with Gasteiger partial charge >= 0.3 is 6.01 Å². The Labute approximate surface area is 151 Å². The number of fused-ring (bicyclic) bond motifs is 1. The van der Waals surface area contributed by atoms with Gasteiger partial charge in [-0.1, -0.05) is 16.9 Å². The largest absolute Gasteiger partial charge is 0.328 e. The van der Waals surface area contributed by atoms with Gasteiger partial charge in [0.2, 0.25) is 5.91 Å². The average Bonchev–Trinajstić information content (AvgIpc) is 3.09. The molecule has 10 heteroatoms. The van der Waals surface area contributed by atoms with Crippen molar-refractivity contribution in [3.63, 3.8) is 0 Å². The van der Waals surface area contributed by atoms with E-state index in [9.17, 15) is 9.59 Å². The molecular weight excluding hydrogens is 362 g/mol. The lowest BCUT2D eigenvalue weighted by Gasteiger charge is -2.09. The Kier molecular flexibility index (Phi) is 4.91. The number of nitrogens with zero attached hydrogens (tertiary/aromatic N) is 4. The summed E-state index contributed by atoms with van der Waals surface area (Å²) in [5.74, 6) is 0.227. The third-order valence-corrected chi connectivity index (χ3v) is 5.75. The molecule has 3 heterocycles. The van der Waals surface area contributed by atoms with Gasteiger partial charge in [0.25, 0.3) is 5.56 Å². The summed E-state index contributed by atoms with van der Waals surface area (Å²) < 4.78 is 6.45. The fraction of sp³-hybridized carbons (Fsp3) is 0.400. The van der Waals surface area contributed by atoms with Crippen LogP contribution in [0.5, 0.6) is 0 Å². The van der Waals surface area contributed by atoms with Gasteiger partial charge in [0.1, 0.15) is 4.83 Å². The van der Waals surface area contributed by atoms with Crippen LogP contribution in [-0.4, -0.2) is 31.4 Å². The van der Waals surface area contributed by atoms with Crippen molar-refractivity contribution in [2.45, 2.75) is 39.4 Å². The van der Waals surface area contributed by atoms with E-state index in [1.54, 1.807) is 11.5 Å². The summed E-state index contributed by atoms with van der Waals surface area (Å²) in [6.45, 7) is 7.95. The number of hydrogen-bond donors (Lipinski definition) is 1. The molecule has 8 nitrogen and oxygen atoms in total. The average molecular weight is 379 g/mol. The summed E-state index contributed by atoms with van der Waals surface area (Å²) in [5, 5.41) is 7.32. The quantitative estimate of drug-likeness (QED) is 0.537. The van der Waals surface area contributed by atoms with E-state index < -0.39 is 0 Å². The first-order valence-corrected chi connectivity index (χ1v) is 9.44. The molecular formula is C15H17N5O3S2. The van der Waals surface area contributed by atoms with Crippen LogP contribution in [0.1, 0.15) is 23.2 Å². The number of carbonyl (C=O) groups is 1. The summed E-state index contributed by atoms with van der Waals surface area (Å²) in [4.78, 5) is 35.1. The molecule has 0 aliphatic rings. The van der Waals surface area contributed by atoms with E-state index in [2.05, 4.69) is 20.4 Å². The highest BCUT2D eigenvalue weighted by Gasteiger charge is 2.17. The summed E-state index contributed by atoms with van der Waals surface area (Å²) in [5.41, 5.74) is 0.908. The molecule has 0 saturated carbocycles. The zero-order valence-electron chi connectivity index (χ0n) is 14.2. The van der Waals surface area contributed by atoms with Crippen LogP contribution < -0.4 is 10.9 Å². The number of anilines is 1. The van der Waals surface area contributed by atoms with Crippen LogP contribution in [0.2, 0.25) is 0 Å². The normalized spacial score (nSPS) is 11.2. The Morgan fingerprint density at radius 3 is 2.72 bits per heavy atom. The highest BCUT2D eigenvalue weighted by molar-refractivity contribution is 7.99. The molecule has 0 bridgehead atoms. The van der Waals surface area contributed by atoms with Crippen molar-refractivity contribution in [2.75, 3.05) is 11.1 Å². The van der Waals surface area contributed by atoms with Gasteiger partial charge < -0.3 is 4.52 Å². The molecule has 0 saturated heterocycles. The van der Waals surface area contributed by atoms with Gasteiger partial charge in [-0.15, -0.1) is 11.3 Å². The zero-order valence-corrected chi connectivity index (χ0v) is 15.9. The summed E-state index contributed by atoms with van der Waals surface area (Å²) in [6, 6.07) is 0.0592. The smallest absolute Gasteiger partial charge is 0.315 e. The van der Waals surface area contributed by atoms with Crippen LogP contribution in [0.15, 0.2) is 14.5 Å². The van der Waals surface area contributed by atoms with E-state index in [1.165, 1.54) is 23.1 Å². The van der Waals surface area contributed by atoms with Gasteiger partial charge in [0.05, 0.1) is 11.1 Å². The van der Waals surface area contributed by atoms with Crippen LogP contribution in [-0.2, 0) is 11.3 Å². The third kappa shape index (κ3) is 3.45. The van der Waals surface area contributed by atoms with Gasteiger partial charge in [0, 0.05) is 11.4 Å². The minimum absolute atomic E-state index is 0.0592. The topological polar surface area (TPSA) is 103 Å². The molecule has 0 aliphatic heterocycles. The molecule has 0 aliphatic carbocycles. The monoisotopic (exact) mass is 379 g/mol.